The third kappa shape index (κ3) is 3.76. The number of fused-ring (bicyclic) bond motifs is 1. The van der Waals surface area contributed by atoms with Crippen molar-refractivity contribution in [3.8, 4) is 11.5 Å². The van der Waals surface area contributed by atoms with Crippen molar-refractivity contribution in [1.82, 2.24) is 5.32 Å². The molecule has 0 aliphatic heterocycles. The molecule has 0 saturated carbocycles. The number of nitrogens with one attached hydrogen (secondary N) is 1. The molecule has 128 valence electrons. The Labute approximate surface area is 140 Å². The van der Waals surface area contributed by atoms with Crippen LogP contribution in [0.2, 0.25) is 0 Å². The largest absolute Gasteiger partial charge is 0.507 e. The van der Waals surface area contributed by atoms with E-state index in [4.69, 9.17) is 4.74 Å². The number of hydrogen-bond donors (Lipinski definition) is 3. The van der Waals surface area contributed by atoms with Gasteiger partial charge in [0.2, 0.25) is 0 Å². The highest BCUT2D eigenvalue weighted by molar-refractivity contribution is 6.04. The monoisotopic (exact) mass is 331 g/mol. The van der Waals surface area contributed by atoms with E-state index in [-0.39, 0.29) is 23.0 Å². The van der Waals surface area contributed by atoms with Gasteiger partial charge in [-0.15, -0.1) is 0 Å². The zero-order valence-electron chi connectivity index (χ0n) is 13.9. The molecule has 24 heavy (non-hydrogen) atoms. The molecular weight excluding hydrogens is 310 g/mol. The molecule has 1 amide bonds. The zero-order chi connectivity index (χ0) is 17.9. The maximum absolute atomic E-state index is 12.2. The fraction of sp³-hybridized carbons (Fsp3) is 0.333. The van der Waals surface area contributed by atoms with Crippen molar-refractivity contribution in [2.75, 3.05) is 6.54 Å². The van der Waals surface area contributed by atoms with E-state index in [0.717, 1.165) is 6.07 Å². The summed E-state index contributed by atoms with van der Waals surface area (Å²) in [6.45, 7) is 5.83. The third-order valence-electron chi connectivity index (χ3n) is 3.55. The first-order valence-electron chi connectivity index (χ1n) is 7.73. The number of esters is 1. The van der Waals surface area contributed by atoms with Crippen molar-refractivity contribution < 1.29 is 24.5 Å². The molecule has 3 N–H and O–H groups in total. The summed E-state index contributed by atoms with van der Waals surface area (Å²) in [5.41, 5.74) is -0.185. The Morgan fingerprint density at radius 2 is 1.75 bits per heavy atom. The molecule has 0 aliphatic carbocycles. The molecular formula is C18H21NO5. The fourth-order valence-corrected chi connectivity index (χ4v) is 2.22. The number of aromatic hydroxyl groups is 2. The van der Waals surface area contributed by atoms with Gasteiger partial charge in [-0.2, -0.15) is 0 Å². The Morgan fingerprint density at radius 3 is 2.38 bits per heavy atom. The average molecular weight is 331 g/mol. The highest BCUT2D eigenvalue weighted by Gasteiger charge is 2.23. The molecule has 6 nitrogen and oxygen atoms in total. The van der Waals surface area contributed by atoms with Gasteiger partial charge in [0.25, 0.3) is 5.91 Å². The van der Waals surface area contributed by atoms with Crippen LogP contribution in [0.1, 0.15) is 31.1 Å². The number of phenols is 2. The van der Waals surface area contributed by atoms with Crippen LogP contribution in [0.3, 0.4) is 0 Å². The number of carbonyl (C=O) groups excluding carboxylic acids is 2. The molecule has 2 rings (SSSR count). The van der Waals surface area contributed by atoms with E-state index in [1.54, 1.807) is 24.3 Å². The van der Waals surface area contributed by atoms with Crippen molar-refractivity contribution in [3.05, 3.63) is 35.9 Å². The molecule has 6 heteroatoms. The van der Waals surface area contributed by atoms with Gasteiger partial charge < -0.3 is 20.3 Å². The summed E-state index contributed by atoms with van der Waals surface area (Å²) >= 11 is 0. The normalized spacial score (nSPS) is 12.2. The Morgan fingerprint density at radius 1 is 1.12 bits per heavy atom. The molecule has 0 saturated heterocycles. The first kappa shape index (κ1) is 17.6. The van der Waals surface area contributed by atoms with E-state index >= 15 is 0 Å². The Balaban J connectivity index is 2.20. The number of hydrogen-bond acceptors (Lipinski definition) is 5. The van der Waals surface area contributed by atoms with Crippen LogP contribution in [0.5, 0.6) is 11.5 Å². The number of ether oxygens (including phenoxy) is 1. The lowest BCUT2D eigenvalue weighted by atomic mass is 10.0. The summed E-state index contributed by atoms with van der Waals surface area (Å²) in [7, 11) is 0. The van der Waals surface area contributed by atoms with Crippen molar-refractivity contribution in [2.45, 2.75) is 26.9 Å². The van der Waals surface area contributed by atoms with Crippen molar-refractivity contribution in [1.29, 1.82) is 0 Å². The quantitative estimate of drug-likeness (QED) is 0.578. The van der Waals surface area contributed by atoms with Gasteiger partial charge in [-0.1, -0.05) is 38.1 Å². The third-order valence-corrected chi connectivity index (χ3v) is 3.55. The Hall–Kier alpha value is -2.76. The van der Waals surface area contributed by atoms with Gasteiger partial charge >= 0.3 is 5.97 Å². The first-order chi connectivity index (χ1) is 11.3. The molecule has 0 heterocycles. The lowest BCUT2D eigenvalue weighted by Crippen LogP contribution is -2.37. The molecule has 1 atom stereocenters. The van der Waals surface area contributed by atoms with Crippen LogP contribution >= 0.6 is 0 Å². The zero-order valence-corrected chi connectivity index (χ0v) is 13.9. The van der Waals surface area contributed by atoms with Gasteiger partial charge in [0.05, 0.1) is 0 Å². The van der Waals surface area contributed by atoms with Gasteiger partial charge in [-0.05, 0) is 18.9 Å². The van der Waals surface area contributed by atoms with E-state index in [1.165, 1.54) is 6.92 Å². The smallest absolute Gasteiger partial charge is 0.342 e. The van der Waals surface area contributed by atoms with Crippen molar-refractivity contribution in [3.63, 3.8) is 0 Å². The molecule has 0 spiro atoms. The molecule has 0 unspecified atom stereocenters. The molecule has 2 aromatic carbocycles. The van der Waals surface area contributed by atoms with Gasteiger partial charge in [0.15, 0.2) is 6.10 Å². The second-order valence-corrected chi connectivity index (χ2v) is 6.02. The fourth-order valence-electron chi connectivity index (χ4n) is 2.22. The van der Waals surface area contributed by atoms with Crippen LogP contribution in [0.4, 0.5) is 0 Å². The van der Waals surface area contributed by atoms with Crippen molar-refractivity contribution in [2.24, 2.45) is 5.92 Å². The molecule has 0 aromatic heterocycles. The molecule has 0 bridgehead atoms. The van der Waals surface area contributed by atoms with Crippen LogP contribution in [0.25, 0.3) is 10.8 Å². The van der Waals surface area contributed by atoms with Gasteiger partial charge in [-0.25, -0.2) is 4.79 Å². The van der Waals surface area contributed by atoms with Crippen LogP contribution < -0.4 is 5.32 Å². The van der Waals surface area contributed by atoms with Crippen molar-refractivity contribution >= 4 is 22.6 Å². The number of phenolic OH excluding ortho intramolecular Hbond substituents is 2. The second kappa shape index (κ2) is 7.21. The van der Waals surface area contributed by atoms with E-state index < -0.39 is 18.0 Å². The van der Waals surface area contributed by atoms with Gasteiger partial charge in [0, 0.05) is 17.3 Å². The average Bonchev–Trinajstić information content (AvgIpc) is 2.55. The number of benzene rings is 2. The predicted octanol–water partition coefficient (Wildman–Crippen LogP) is 2.57. The summed E-state index contributed by atoms with van der Waals surface area (Å²) in [4.78, 5) is 24.1. The lowest BCUT2D eigenvalue weighted by molar-refractivity contribution is -0.129. The maximum Gasteiger partial charge on any atom is 0.342 e. The van der Waals surface area contributed by atoms with E-state index in [0.29, 0.717) is 17.3 Å². The van der Waals surface area contributed by atoms with Crippen LogP contribution in [0, 0.1) is 5.92 Å². The van der Waals surface area contributed by atoms with Crippen LogP contribution in [-0.2, 0) is 9.53 Å². The summed E-state index contributed by atoms with van der Waals surface area (Å²) in [6, 6.07) is 7.74. The highest BCUT2D eigenvalue weighted by Crippen LogP contribution is 2.35. The van der Waals surface area contributed by atoms with Gasteiger partial charge in [0.1, 0.15) is 17.1 Å². The van der Waals surface area contributed by atoms with E-state index in [9.17, 15) is 19.8 Å². The summed E-state index contributed by atoms with van der Waals surface area (Å²) in [6.07, 6.45) is -1.01. The van der Waals surface area contributed by atoms with Gasteiger partial charge in [-0.3, -0.25) is 4.79 Å². The number of amides is 1. The van der Waals surface area contributed by atoms with Crippen LogP contribution in [0.15, 0.2) is 30.3 Å². The molecule has 0 fully saturated rings. The second-order valence-electron chi connectivity index (χ2n) is 6.02. The van der Waals surface area contributed by atoms with E-state index in [1.807, 2.05) is 13.8 Å². The Bertz CT molecular complexity index is 769. The molecule has 2 aromatic rings. The highest BCUT2D eigenvalue weighted by atomic mass is 16.5. The van der Waals surface area contributed by atoms with Crippen LogP contribution in [-0.4, -0.2) is 34.7 Å². The SMILES string of the molecule is CC(C)CNC(=O)[C@H](C)OC(=O)c1cc(O)c2ccccc2c1O. The number of rotatable bonds is 5. The summed E-state index contributed by atoms with van der Waals surface area (Å²) in [5, 5.41) is 23.7. The molecule has 0 aliphatic rings. The minimum atomic E-state index is -1.01. The summed E-state index contributed by atoms with van der Waals surface area (Å²) < 4.78 is 5.09. The minimum Gasteiger partial charge on any atom is -0.507 e. The Kier molecular flexibility index (Phi) is 5.28. The van der Waals surface area contributed by atoms with E-state index in [2.05, 4.69) is 5.32 Å². The minimum absolute atomic E-state index is 0.146. The topological polar surface area (TPSA) is 95.9 Å². The summed E-state index contributed by atoms with van der Waals surface area (Å²) in [5.74, 6) is -1.45. The predicted molar refractivity (Wildman–Crippen MR) is 90.0 cm³/mol. The molecule has 0 radical (unpaired) electrons. The first-order valence-corrected chi connectivity index (χ1v) is 7.73. The lowest BCUT2D eigenvalue weighted by Gasteiger charge is -2.15. The standard InChI is InChI=1S/C18H21NO5/c1-10(2)9-19-17(22)11(3)24-18(23)14-8-15(20)12-6-4-5-7-13(12)16(14)21/h4-8,10-11,20-21H,9H2,1-3H3,(H,19,22)/t11-/m0/s1. The maximum atomic E-state index is 12.2. The number of carbonyl (C=O) groups is 2.